The van der Waals surface area contributed by atoms with Gasteiger partial charge < -0.3 is 4.74 Å². The van der Waals surface area contributed by atoms with Gasteiger partial charge in [-0.05, 0) is 42.9 Å². The second kappa shape index (κ2) is 7.49. The minimum atomic E-state index is 0.480. The van der Waals surface area contributed by atoms with Gasteiger partial charge in [0.05, 0.1) is 7.11 Å². The number of alkyl halides is 1. The third-order valence-electron chi connectivity index (χ3n) is 4.56. The van der Waals surface area contributed by atoms with Gasteiger partial charge in [-0.25, -0.2) is 0 Å². The van der Waals surface area contributed by atoms with Crippen molar-refractivity contribution in [2.45, 2.75) is 63.6 Å². The van der Waals surface area contributed by atoms with E-state index in [0.29, 0.717) is 4.83 Å². The van der Waals surface area contributed by atoms with Gasteiger partial charge >= 0.3 is 0 Å². The van der Waals surface area contributed by atoms with Crippen LogP contribution in [0.4, 0.5) is 0 Å². The van der Waals surface area contributed by atoms with Crippen molar-refractivity contribution >= 4 is 15.9 Å². The van der Waals surface area contributed by atoms with Crippen molar-refractivity contribution in [3.63, 3.8) is 0 Å². The van der Waals surface area contributed by atoms with E-state index in [-0.39, 0.29) is 0 Å². The smallest absolute Gasteiger partial charge is 0.124 e. The summed E-state index contributed by atoms with van der Waals surface area (Å²) in [5, 5.41) is 0. The lowest BCUT2D eigenvalue weighted by atomic mass is 9.92. The van der Waals surface area contributed by atoms with E-state index in [9.17, 15) is 0 Å². The number of hydrogen-bond donors (Lipinski definition) is 0. The van der Waals surface area contributed by atoms with Gasteiger partial charge in [-0.15, -0.1) is 0 Å². The molecule has 0 heterocycles. The Labute approximate surface area is 132 Å². The van der Waals surface area contributed by atoms with Crippen LogP contribution >= 0.6 is 15.9 Å². The number of rotatable bonds is 4. The number of halogens is 1. The molecule has 2 rings (SSSR count). The van der Waals surface area contributed by atoms with Crippen LogP contribution < -0.4 is 4.74 Å². The summed E-state index contributed by atoms with van der Waals surface area (Å²) in [4.78, 5) is 0.480. The Kier molecular flexibility index (Phi) is 5.95. The molecule has 1 aromatic rings. The number of methoxy groups -OCH3 is 1. The van der Waals surface area contributed by atoms with Gasteiger partial charge in [-0.2, -0.15) is 0 Å². The van der Waals surface area contributed by atoms with Crippen LogP contribution in [-0.4, -0.2) is 7.11 Å². The van der Waals surface area contributed by atoms with E-state index in [1.165, 1.54) is 61.6 Å². The Balaban J connectivity index is 2.06. The number of ether oxygens (including phenoxy) is 1. The molecule has 1 fully saturated rings. The van der Waals surface area contributed by atoms with E-state index in [1.807, 2.05) is 0 Å². The highest BCUT2D eigenvalue weighted by atomic mass is 79.9. The van der Waals surface area contributed by atoms with E-state index >= 15 is 0 Å². The highest BCUT2D eigenvalue weighted by Gasteiger charge is 2.19. The molecule has 1 aliphatic carbocycles. The third-order valence-corrected chi connectivity index (χ3v) is 5.47. The van der Waals surface area contributed by atoms with Crippen LogP contribution in [0.2, 0.25) is 0 Å². The lowest BCUT2D eigenvalue weighted by Gasteiger charge is -2.20. The first-order valence-electron chi connectivity index (χ1n) is 7.91. The molecule has 0 aliphatic heterocycles. The molecule has 0 radical (unpaired) electrons. The highest BCUT2D eigenvalue weighted by Crippen LogP contribution is 2.38. The van der Waals surface area contributed by atoms with E-state index in [2.05, 4.69) is 41.9 Å². The zero-order valence-corrected chi connectivity index (χ0v) is 14.6. The molecule has 112 valence electrons. The monoisotopic (exact) mass is 338 g/mol. The molecule has 1 nitrogen and oxygen atoms in total. The lowest BCUT2D eigenvalue weighted by molar-refractivity contribution is 0.407. The summed E-state index contributed by atoms with van der Waals surface area (Å²) in [7, 11) is 1.76. The second-order valence-corrected chi connectivity index (χ2v) is 7.35. The Hall–Kier alpha value is -0.500. The number of benzene rings is 1. The summed E-state index contributed by atoms with van der Waals surface area (Å²) in [6.45, 7) is 4.28. The summed E-state index contributed by atoms with van der Waals surface area (Å²) >= 11 is 3.92. The average molecular weight is 339 g/mol. The largest absolute Gasteiger partial charge is 0.496 e. The van der Waals surface area contributed by atoms with Gasteiger partial charge in [-0.1, -0.05) is 66.6 Å². The van der Waals surface area contributed by atoms with E-state index in [0.717, 1.165) is 11.7 Å². The van der Waals surface area contributed by atoms with E-state index in [1.54, 1.807) is 7.11 Å². The fourth-order valence-corrected chi connectivity index (χ4v) is 4.31. The minimum Gasteiger partial charge on any atom is -0.496 e. The molecule has 2 heteroatoms. The van der Waals surface area contributed by atoms with Crippen molar-refractivity contribution in [2.75, 3.05) is 7.11 Å². The molecule has 0 spiro atoms. The molecule has 0 amide bonds. The van der Waals surface area contributed by atoms with Gasteiger partial charge in [0.25, 0.3) is 0 Å². The van der Waals surface area contributed by atoms with Crippen LogP contribution in [0.1, 0.15) is 66.5 Å². The predicted molar refractivity (Wildman–Crippen MR) is 89.9 cm³/mol. The van der Waals surface area contributed by atoms with Crippen LogP contribution in [0, 0.1) is 19.8 Å². The third kappa shape index (κ3) is 4.00. The maximum atomic E-state index is 5.46. The van der Waals surface area contributed by atoms with Crippen molar-refractivity contribution in [3.05, 3.63) is 28.8 Å². The zero-order valence-electron chi connectivity index (χ0n) is 13.0. The topological polar surface area (TPSA) is 9.23 Å². The van der Waals surface area contributed by atoms with Crippen molar-refractivity contribution in [3.8, 4) is 5.75 Å². The molecule has 0 saturated heterocycles. The molecule has 1 aromatic carbocycles. The molecule has 1 saturated carbocycles. The summed E-state index contributed by atoms with van der Waals surface area (Å²) in [5.74, 6) is 1.92. The van der Waals surface area contributed by atoms with Crippen LogP contribution in [0.3, 0.4) is 0 Å². The minimum absolute atomic E-state index is 0.480. The quantitative estimate of drug-likeness (QED) is 0.475. The Bertz CT molecular complexity index is 410. The van der Waals surface area contributed by atoms with E-state index in [4.69, 9.17) is 4.74 Å². The van der Waals surface area contributed by atoms with Crippen LogP contribution in [0.15, 0.2) is 12.1 Å². The normalized spacial score (nSPS) is 18.6. The van der Waals surface area contributed by atoms with Crippen LogP contribution in [0.5, 0.6) is 5.75 Å². The Morgan fingerprint density at radius 1 is 1.10 bits per heavy atom. The predicted octanol–water partition coefficient (Wildman–Crippen LogP) is 6.11. The van der Waals surface area contributed by atoms with Crippen molar-refractivity contribution < 1.29 is 4.74 Å². The molecule has 0 N–H and O–H groups in total. The zero-order chi connectivity index (χ0) is 14.5. The molecule has 1 atom stereocenters. The first kappa shape index (κ1) is 15.9. The van der Waals surface area contributed by atoms with Gasteiger partial charge in [0, 0.05) is 4.83 Å². The summed E-state index contributed by atoms with van der Waals surface area (Å²) in [6.07, 6.45) is 9.81. The first-order valence-corrected chi connectivity index (χ1v) is 8.82. The summed E-state index contributed by atoms with van der Waals surface area (Å²) in [6, 6.07) is 4.56. The SMILES string of the molecule is COc1c(C)cc(C(Br)CC2CCCCCC2)cc1C. The number of aryl methyl sites for hydroxylation is 2. The average Bonchev–Trinajstić information content (AvgIpc) is 2.67. The van der Waals surface area contributed by atoms with Gasteiger partial charge in [-0.3, -0.25) is 0 Å². The summed E-state index contributed by atoms with van der Waals surface area (Å²) in [5.41, 5.74) is 3.89. The number of hydrogen-bond acceptors (Lipinski definition) is 1. The highest BCUT2D eigenvalue weighted by molar-refractivity contribution is 9.09. The fraction of sp³-hybridized carbons (Fsp3) is 0.667. The first-order chi connectivity index (χ1) is 9.61. The molecule has 0 aromatic heterocycles. The fourth-order valence-electron chi connectivity index (χ4n) is 3.51. The lowest BCUT2D eigenvalue weighted by Crippen LogP contribution is -2.04. The summed E-state index contributed by atoms with van der Waals surface area (Å²) < 4.78 is 5.46. The van der Waals surface area contributed by atoms with E-state index < -0.39 is 0 Å². The van der Waals surface area contributed by atoms with Crippen molar-refractivity contribution in [1.29, 1.82) is 0 Å². The van der Waals surface area contributed by atoms with Crippen LogP contribution in [-0.2, 0) is 0 Å². The molecule has 20 heavy (non-hydrogen) atoms. The van der Waals surface area contributed by atoms with Gasteiger partial charge in [0.15, 0.2) is 0 Å². The maximum absolute atomic E-state index is 5.46. The van der Waals surface area contributed by atoms with Gasteiger partial charge in [0.1, 0.15) is 5.75 Å². The molecule has 1 aliphatic rings. The standard InChI is InChI=1S/C18H27BrO/c1-13-10-16(11-14(2)18(13)20-3)17(19)12-15-8-6-4-5-7-9-15/h10-11,15,17H,4-9,12H2,1-3H3. The molecular formula is C18H27BrO. The molecule has 0 bridgehead atoms. The molecule has 1 unspecified atom stereocenters. The van der Waals surface area contributed by atoms with Crippen molar-refractivity contribution in [2.24, 2.45) is 5.92 Å². The Morgan fingerprint density at radius 2 is 1.65 bits per heavy atom. The van der Waals surface area contributed by atoms with Crippen molar-refractivity contribution in [1.82, 2.24) is 0 Å². The Morgan fingerprint density at radius 3 is 2.15 bits per heavy atom. The molecular weight excluding hydrogens is 312 g/mol. The van der Waals surface area contributed by atoms with Gasteiger partial charge in [0.2, 0.25) is 0 Å². The van der Waals surface area contributed by atoms with Crippen LogP contribution in [0.25, 0.3) is 0 Å². The maximum Gasteiger partial charge on any atom is 0.124 e. The second-order valence-electron chi connectivity index (χ2n) is 6.25.